The van der Waals surface area contributed by atoms with Crippen LogP contribution < -0.4 is 5.32 Å². The third kappa shape index (κ3) is 6.41. The van der Waals surface area contributed by atoms with Gasteiger partial charge in [-0.25, -0.2) is 0 Å². The first-order chi connectivity index (χ1) is 8.06. The maximum Gasteiger partial charge on any atom is 0.249 e. The van der Waals surface area contributed by atoms with Crippen molar-refractivity contribution in [1.29, 1.82) is 0 Å². The second kappa shape index (κ2) is 9.15. The molecule has 5 nitrogen and oxygen atoms in total. The molecule has 0 aromatic heterocycles. The highest BCUT2D eigenvalue weighted by molar-refractivity contribution is 5.80. The topological polar surface area (TPSA) is 89.8 Å². The predicted molar refractivity (Wildman–Crippen MR) is 65.4 cm³/mol. The third-order valence-corrected chi connectivity index (χ3v) is 2.37. The molecule has 0 aliphatic carbocycles. The number of nitrogens with one attached hydrogen (secondary N) is 1. The molecule has 4 N–H and O–H groups in total. The van der Waals surface area contributed by atoms with Crippen molar-refractivity contribution < 1.29 is 20.1 Å². The van der Waals surface area contributed by atoms with Crippen LogP contribution in [0.4, 0.5) is 0 Å². The van der Waals surface area contributed by atoms with E-state index >= 15 is 0 Å². The van der Waals surface area contributed by atoms with Gasteiger partial charge >= 0.3 is 0 Å². The number of rotatable bonds is 8. The van der Waals surface area contributed by atoms with E-state index in [9.17, 15) is 15.0 Å². The van der Waals surface area contributed by atoms with Gasteiger partial charge in [0.1, 0.15) is 6.10 Å². The van der Waals surface area contributed by atoms with E-state index in [0.29, 0.717) is 12.8 Å². The molecular weight excluding hydrogens is 222 g/mol. The summed E-state index contributed by atoms with van der Waals surface area (Å²) in [4.78, 5) is 11.5. The summed E-state index contributed by atoms with van der Waals surface area (Å²) in [5.41, 5.74) is 0. The van der Waals surface area contributed by atoms with Crippen LogP contribution >= 0.6 is 0 Å². The second-order valence-electron chi connectivity index (χ2n) is 3.93. The van der Waals surface area contributed by atoms with E-state index in [1.165, 1.54) is 6.08 Å². The van der Waals surface area contributed by atoms with E-state index in [1.807, 2.05) is 13.8 Å². The first kappa shape index (κ1) is 16.1. The fourth-order valence-electron chi connectivity index (χ4n) is 1.33. The van der Waals surface area contributed by atoms with E-state index in [1.54, 1.807) is 6.08 Å². The molecule has 5 heteroatoms. The normalized spacial score (nSPS) is 16.8. The van der Waals surface area contributed by atoms with Crippen LogP contribution in [0.15, 0.2) is 12.2 Å². The lowest BCUT2D eigenvalue weighted by Crippen LogP contribution is -2.48. The third-order valence-electron chi connectivity index (χ3n) is 2.37. The highest BCUT2D eigenvalue weighted by atomic mass is 16.3. The van der Waals surface area contributed by atoms with Crippen LogP contribution in [0.1, 0.15) is 33.1 Å². The molecule has 0 aliphatic rings. The highest BCUT2D eigenvalue weighted by Gasteiger charge is 2.21. The van der Waals surface area contributed by atoms with E-state index in [0.717, 1.165) is 6.42 Å². The Kier molecular flexibility index (Phi) is 8.66. The Balaban J connectivity index is 4.29. The molecule has 0 aromatic carbocycles. The molecular formula is C12H23NO4. The van der Waals surface area contributed by atoms with Gasteiger partial charge in [-0.3, -0.25) is 4.79 Å². The Bertz CT molecular complexity index is 243. The van der Waals surface area contributed by atoms with Crippen LogP contribution in [0.25, 0.3) is 0 Å². The van der Waals surface area contributed by atoms with Crippen molar-refractivity contribution in [2.24, 2.45) is 0 Å². The number of amides is 1. The van der Waals surface area contributed by atoms with Gasteiger partial charge in [0.25, 0.3) is 0 Å². The van der Waals surface area contributed by atoms with Crippen molar-refractivity contribution in [3.8, 4) is 0 Å². The molecule has 0 radical (unpaired) electrons. The summed E-state index contributed by atoms with van der Waals surface area (Å²) in [7, 11) is 0. The van der Waals surface area contributed by atoms with Crippen LogP contribution in [-0.2, 0) is 4.79 Å². The monoisotopic (exact) mass is 245 g/mol. The lowest BCUT2D eigenvalue weighted by atomic mass is 10.1. The summed E-state index contributed by atoms with van der Waals surface area (Å²) < 4.78 is 0. The molecule has 0 heterocycles. The maximum absolute atomic E-state index is 11.5. The van der Waals surface area contributed by atoms with E-state index in [4.69, 9.17) is 5.11 Å². The maximum atomic E-state index is 11.5. The number of aliphatic hydroxyl groups is 3. The Labute approximate surface area is 102 Å². The Morgan fingerprint density at radius 1 is 1.35 bits per heavy atom. The van der Waals surface area contributed by atoms with Crippen LogP contribution in [0.5, 0.6) is 0 Å². The molecule has 0 aliphatic heterocycles. The smallest absolute Gasteiger partial charge is 0.249 e. The number of aliphatic hydroxyl groups excluding tert-OH is 3. The zero-order chi connectivity index (χ0) is 13.3. The molecule has 0 bridgehead atoms. The van der Waals surface area contributed by atoms with Crippen molar-refractivity contribution in [2.75, 3.05) is 6.61 Å². The molecule has 0 saturated heterocycles. The first-order valence-corrected chi connectivity index (χ1v) is 6.00. The van der Waals surface area contributed by atoms with Crippen LogP contribution in [-0.4, -0.2) is 46.1 Å². The van der Waals surface area contributed by atoms with Crippen molar-refractivity contribution in [2.45, 2.75) is 51.4 Å². The summed E-state index contributed by atoms with van der Waals surface area (Å²) in [6, 6.07) is -0.781. The van der Waals surface area contributed by atoms with Crippen LogP contribution in [0, 0.1) is 0 Å². The van der Waals surface area contributed by atoms with Crippen LogP contribution in [0.3, 0.4) is 0 Å². The molecule has 0 unspecified atom stereocenters. The summed E-state index contributed by atoms with van der Waals surface area (Å²) in [5.74, 6) is -0.560. The molecule has 0 rings (SSSR count). The number of carbonyl (C=O) groups is 1. The van der Waals surface area contributed by atoms with Gasteiger partial charge in [0.2, 0.25) is 5.91 Å². The predicted octanol–water partition coefficient (Wildman–Crippen LogP) is -0.0484. The quantitative estimate of drug-likeness (QED) is 0.451. The zero-order valence-electron chi connectivity index (χ0n) is 10.5. The van der Waals surface area contributed by atoms with Gasteiger partial charge in [-0.2, -0.15) is 0 Å². The summed E-state index contributed by atoms with van der Waals surface area (Å²) in [5, 5.41) is 30.6. The molecule has 0 aromatic rings. The second-order valence-corrected chi connectivity index (χ2v) is 3.93. The first-order valence-electron chi connectivity index (χ1n) is 6.00. The van der Waals surface area contributed by atoms with Gasteiger partial charge in [-0.05, 0) is 12.8 Å². The van der Waals surface area contributed by atoms with Gasteiger partial charge in [-0.1, -0.05) is 32.4 Å². The van der Waals surface area contributed by atoms with Crippen LogP contribution in [0.2, 0.25) is 0 Å². The lowest BCUT2D eigenvalue weighted by Gasteiger charge is -2.21. The largest absolute Gasteiger partial charge is 0.394 e. The van der Waals surface area contributed by atoms with Gasteiger partial charge < -0.3 is 20.6 Å². The summed E-state index contributed by atoms with van der Waals surface area (Å²) in [6.45, 7) is 3.40. The van der Waals surface area contributed by atoms with E-state index < -0.39 is 24.2 Å². The SMILES string of the molecule is CC/C=C/[C@@H](O)[C@H](CO)NC(=O)[C@H](O)CCC. The van der Waals surface area contributed by atoms with E-state index in [-0.39, 0.29) is 6.61 Å². The molecule has 0 saturated carbocycles. The summed E-state index contributed by atoms with van der Waals surface area (Å²) >= 11 is 0. The average Bonchev–Trinajstić information content (AvgIpc) is 2.32. The molecule has 100 valence electrons. The van der Waals surface area contributed by atoms with Crippen molar-refractivity contribution in [1.82, 2.24) is 5.32 Å². The number of hydrogen-bond donors (Lipinski definition) is 4. The minimum atomic E-state index is -1.09. The van der Waals surface area contributed by atoms with Gasteiger partial charge in [-0.15, -0.1) is 0 Å². The Morgan fingerprint density at radius 3 is 2.47 bits per heavy atom. The minimum absolute atomic E-state index is 0.366. The Hall–Kier alpha value is -0.910. The van der Waals surface area contributed by atoms with Crippen molar-refractivity contribution in [3.05, 3.63) is 12.2 Å². The lowest BCUT2D eigenvalue weighted by molar-refractivity contribution is -0.131. The number of carbonyl (C=O) groups excluding carboxylic acids is 1. The van der Waals surface area contributed by atoms with Gasteiger partial charge in [0.05, 0.1) is 18.8 Å². The van der Waals surface area contributed by atoms with Crippen molar-refractivity contribution in [3.63, 3.8) is 0 Å². The molecule has 17 heavy (non-hydrogen) atoms. The molecule has 3 atom stereocenters. The van der Waals surface area contributed by atoms with Gasteiger partial charge in [0.15, 0.2) is 0 Å². The van der Waals surface area contributed by atoms with Crippen molar-refractivity contribution >= 4 is 5.91 Å². The fraction of sp³-hybridized carbons (Fsp3) is 0.750. The average molecular weight is 245 g/mol. The fourth-order valence-corrected chi connectivity index (χ4v) is 1.33. The standard InChI is InChI=1S/C12H23NO4/c1-3-5-7-10(15)9(8-14)13-12(17)11(16)6-4-2/h5,7,9-11,14-16H,3-4,6,8H2,1-2H3,(H,13,17)/b7-5+/t9-,10+,11+/m0/s1. The highest BCUT2D eigenvalue weighted by Crippen LogP contribution is 2.00. The zero-order valence-corrected chi connectivity index (χ0v) is 10.5. The summed E-state index contributed by atoms with van der Waals surface area (Å²) in [6.07, 6.45) is 3.06. The number of hydrogen-bond acceptors (Lipinski definition) is 4. The van der Waals surface area contributed by atoms with E-state index in [2.05, 4.69) is 5.32 Å². The van der Waals surface area contributed by atoms with Gasteiger partial charge in [0, 0.05) is 0 Å². The molecule has 0 spiro atoms. The Morgan fingerprint density at radius 2 is 2.00 bits per heavy atom. The minimum Gasteiger partial charge on any atom is -0.394 e. The molecule has 0 fully saturated rings. The number of allylic oxidation sites excluding steroid dienone is 1. The molecule has 1 amide bonds.